The molecule has 1 saturated heterocycles. The molecule has 18 heavy (non-hydrogen) atoms. The molecular weight excluding hydrogens is 228 g/mol. The first-order valence-electron chi connectivity index (χ1n) is 6.27. The van der Waals surface area contributed by atoms with Gasteiger partial charge < -0.3 is 9.84 Å². The van der Waals surface area contributed by atoms with Crippen molar-refractivity contribution < 1.29 is 4.52 Å². The molecule has 1 N–H and O–H groups in total. The fourth-order valence-corrected chi connectivity index (χ4v) is 2.31. The molecule has 2 aromatic rings. The second-order valence-electron chi connectivity index (χ2n) is 4.77. The van der Waals surface area contributed by atoms with Crippen molar-refractivity contribution in [1.82, 2.24) is 20.4 Å². The van der Waals surface area contributed by atoms with Crippen LogP contribution in [0.25, 0.3) is 11.4 Å². The molecule has 0 spiro atoms. The van der Waals surface area contributed by atoms with Crippen molar-refractivity contribution in [3.05, 3.63) is 29.9 Å². The first-order chi connectivity index (χ1) is 8.83. The summed E-state index contributed by atoms with van der Waals surface area (Å²) in [4.78, 5) is 8.54. The molecule has 0 aromatic carbocycles. The van der Waals surface area contributed by atoms with Crippen LogP contribution in [0.3, 0.4) is 0 Å². The average Bonchev–Trinajstić information content (AvgIpc) is 3.02. The van der Waals surface area contributed by atoms with E-state index in [1.165, 1.54) is 6.42 Å². The SMILES string of the molecule is Cc1cnccc1-c1noc(CC2CCNC2)n1. The maximum atomic E-state index is 5.33. The minimum absolute atomic E-state index is 0.622. The molecular formula is C13H16N4O. The van der Waals surface area contributed by atoms with Crippen LogP contribution in [-0.4, -0.2) is 28.2 Å². The van der Waals surface area contributed by atoms with Crippen LogP contribution in [0.5, 0.6) is 0 Å². The van der Waals surface area contributed by atoms with E-state index in [1.807, 2.05) is 19.2 Å². The molecule has 0 bridgehead atoms. The Morgan fingerprint density at radius 3 is 3.22 bits per heavy atom. The van der Waals surface area contributed by atoms with Gasteiger partial charge in [-0.2, -0.15) is 4.98 Å². The third-order valence-electron chi connectivity index (χ3n) is 3.35. The third-order valence-corrected chi connectivity index (χ3v) is 3.35. The van der Waals surface area contributed by atoms with Crippen molar-refractivity contribution in [2.75, 3.05) is 13.1 Å². The lowest BCUT2D eigenvalue weighted by Crippen LogP contribution is -2.10. The molecule has 94 valence electrons. The molecule has 0 amide bonds. The summed E-state index contributed by atoms with van der Waals surface area (Å²) in [5, 5.41) is 7.40. The fourth-order valence-electron chi connectivity index (χ4n) is 2.31. The molecule has 1 unspecified atom stereocenters. The number of rotatable bonds is 3. The smallest absolute Gasteiger partial charge is 0.227 e. The zero-order valence-electron chi connectivity index (χ0n) is 10.4. The van der Waals surface area contributed by atoms with Gasteiger partial charge in [0.05, 0.1) is 0 Å². The molecule has 1 aliphatic rings. The molecule has 1 aliphatic heterocycles. The molecule has 2 aromatic heterocycles. The number of hydrogen-bond acceptors (Lipinski definition) is 5. The highest BCUT2D eigenvalue weighted by molar-refractivity contribution is 5.57. The monoisotopic (exact) mass is 244 g/mol. The molecule has 5 heteroatoms. The molecule has 3 heterocycles. The predicted molar refractivity (Wildman–Crippen MR) is 66.9 cm³/mol. The highest BCUT2D eigenvalue weighted by Gasteiger charge is 2.19. The van der Waals surface area contributed by atoms with Gasteiger partial charge in [-0.25, -0.2) is 0 Å². The Bertz CT molecular complexity index is 531. The number of aromatic nitrogens is 3. The zero-order chi connectivity index (χ0) is 12.4. The van der Waals surface area contributed by atoms with E-state index in [1.54, 1.807) is 6.20 Å². The molecule has 0 radical (unpaired) electrons. The number of nitrogens with one attached hydrogen (secondary N) is 1. The van der Waals surface area contributed by atoms with E-state index in [0.717, 1.165) is 36.5 Å². The summed E-state index contributed by atoms with van der Waals surface area (Å²) in [6, 6.07) is 1.92. The van der Waals surface area contributed by atoms with E-state index >= 15 is 0 Å². The molecule has 1 atom stereocenters. The lowest BCUT2D eigenvalue weighted by atomic mass is 10.1. The van der Waals surface area contributed by atoms with Crippen LogP contribution in [0.1, 0.15) is 17.9 Å². The van der Waals surface area contributed by atoms with Gasteiger partial charge in [0.1, 0.15) is 0 Å². The van der Waals surface area contributed by atoms with Crippen LogP contribution in [0, 0.1) is 12.8 Å². The van der Waals surface area contributed by atoms with E-state index in [-0.39, 0.29) is 0 Å². The van der Waals surface area contributed by atoms with E-state index in [2.05, 4.69) is 20.4 Å². The van der Waals surface area contributed by atoms with Crippen LogP contribution in [0.15, 0.2) is 23.0 Å². The third kappa shape index (κ3) is 2.26. The van der Waals surface area contributed by atoms with Crippen molar-refractivity contribution in [1.29, 1.82) is 0 Å². The van der Waals surface area contributed by atoms with Gasteiger partial charge >= 0.3 is 0 Å². The lowest BCUT2D eigenvalue weighted by Gasteiger charge is -2.02. The predicted octanol–water partition coefficient (Wildman–Crippen LogP) is 1.59. The Morgan fingerprint density at radius 2 is 2.44 bits per heavy atom. The van der Waals surface area contributed by atoms with Crippen LogP contribution in [0.4, 0.5) is 0 Å². The first kappa shape index (κ1) is 11.3. The summed E-state index contributed by atoms with van der Waals surface area (Å²) in [6.07, 6.45) is 5.61. The summed E-state index contributed by atoms with van der Waals surface area (Å²) < 4.78 is 5.33. The minimum atomic E-state index is 0.622. The number of nitrogens with zero attached hydrogens (tertiary/aromatic N) is 3. The van der Waals surface area contributed by atoms with E-state index in [4.69, 9.17) is 4.52 Å². The molecule has 1 fully saturated rings. The quantitative estimate of drug-likeness (QED) is 0.888. The normalized spacial score (nSPS) is 19.3. The summed E-state index contributed by atoms with van der Waals surface area (Å²) in [6.45, 7) is 4.14. The Morgan fingerprint density at radius 1 is 1.50 bits per heavy atom. The van der Waals surface area contributed by atoms with Crippen LogP contribution >= 0.6 is 0 Å². The van der Waals surface area contributed by atoms with Crippen LogP contribution < -0.4 is 5.32 Å². The topological polar surface area (TPSA) is 63.8 Å². The van der Waals surface area contributed by atoms with E-state index in [9.17, 15) is 0 Å². The fraction of sp³-hybridized carbons (Fsp3) is 0.462. The van der Waals surface area contributed by atoms with Crippen molar-refractivity contribution >= 4 is 0 Å². The van der Waals surface area contributed by atoms with Crippen molar-refractivity contribution in [2.45, 2.75) is 19.8 Å². The maximum absolute atomic E-state index is 5.33. The number of aryl methyl sites for hydroxylation is 1. The van der Waals surface area contributed by atoms with E-state index < -0.39 is 0 Å². The Kier molecular flexibility index (Phi) is 3.06. The first-order valence-corrected chi connectivity index (χ1v) is 6.27. The summed E-state index contributed by atoms with van der Waals surface area (Å²) in [5.41, 5.74) is 2.05. The van der Waals surface area contributed by atoms with Gasteiger partial charge in [0.25, 0.3) is 0 Å². The average molecular weight is 244 g/mol. The Balaban J connectivity index is 1.79. The lowest BCUT2D eigenvalue weighted by molar-refractivity contribution is 0.358. The second kappa shape index (κ2) is 4.86. The van der Waals surface area contributed by atoms with Crippen LogP contribution in [0.2, 0.25) is 0 Å². The van der Waals surface area contributed by atoms with Gasteiger partial charge in [0.15, 0.2) is 0 Å². The van der Waals surface area contributed by atoms with Crippen LogP contribution in [-0.2, 0) is 6.42 Å². The van der Waals surface area contributed by atoms with Gasteiger partial charge in [-0.05, 0) is 44.0 Å². The summed E-state index contributed by atoms with van der Waals surface area (Å²) >= 11 is 0. The highest BCUT2D eigenvalue weighted by Crippen LogP contribution is 2.20. The van der Waals surface area contributed by atoms with Crippen molar-refractivity contribution in [3.63, 3.8) is 0 Å². The molecule has 0 aliphatic carbocycles. The van der Waals surface area contributed by atoms with E-state index in [0.29, 0.717) is 11.7 Å². The number of pyridine rings is 1. The summed E-state index contributed by atoms with van der Waals surface area (Å²) in [5.74, 6) is 2.02. The number of hydrogen-bond donors (Lipinski definition) is 1. The zero-order valence-corrected chi connectivity index (χ0v) is 10.4. The molecule has 0 saturated carbocycles. The van der Waals surface area contributed by atoms with Crippen molar-refractivity contribution in [3.8, 4) is 11.4 Å². The highest BCUT2D eigenvalue weighted by atomic mass is 16.5. The molecule has 5 nitrogen and oxygen atoms in total. The Hall–Kier alpha value is -1.75. The second-order valence-corrected chi connectivity index (χ2v) is 4.77. The van der Waals surface area contributed by atoms with Gasteiger partial charge in [-0.15, -0.1) is 0 Å². The maximum Gasteiger partial charge on any atom is 0.227 e. The standard InChI is InChI=1S/C13H16N4O/c1-9-7-14-5-3-11(9)13-16-12(18-17-13)6-10-2-4-15-8-10/h3,5,7,10,15H,2,4,6,8H2,1H3. The van der Waals surface area contributed by atoms with Gasteiger partial charge in [-0.1, -0.05) is 5.16 Å². The largest absolute Gasteiger partial charge is 0.339 e. The molecule has 3 rings (SSSR count). The summed E-state index contributed by atoms with van der Waals surface area (Å²) in [7, 11) is 0. The Labute approximate surface area is 106 Å². The van der Waals surface area contributed by atoms with Gasteiger partial charge in [0.2, 0.25) is 11.7 Å². The van der Waals surface area contributed by atoms with Gasteiger partial charge in [0, 0.05) is 24.4 Å². The van der Waals surface area contributed by atoms with Gasteiger partial charge in [-0.3, -0.25) is 4.98 Å². The van der Waals surface area contributed by atoms with Crippen molar-refractivity contribution in [2.24, 2.45) is 5.92 Å². The minimum Gasteiger partial charge on any atom is -0.339 e.